The van der Waals surface area contributed by atoms with Crippen LogP contribution in [0.3, 0.4) is 0 Å². The SMILES string of the molecule is COC(=O)C[CH-]C[S+](C)C. The Bertz CT molecular complexity index is 102. The number of ether oxygens (including phenoxy) is 1. The molecule has 3 heteroatoms. The molecule has 0 radical (unpaired) electrons. The molecule has 10 heavy (non-hydrogen) atoms. The summed E-state index contributed by atoms with van der Waals surface area (Å²) in [6, 6.07) is 0. The van der Waals surface area contributed by atoms with Crippen LogP contribution in [0.25, 0.3) is 0 Å². The monoisotopic (exact) mass is 162 g/mol. The molecular weight excluding hydrogens is 148 g/mol. The van der Waals surface area contributed by atoms with E-state index in [2.05, 4.69) is 17.2 Å². The van der Waals surface area contributed by atoms with Gasteiger partial charge in [0.15, 0.2) is 0 Å². The molecule has 0 aliphatic carbocycles. The summed E-state index contributed by atoms with van der Waals surface area (Å²) in [7, 11) is 1.81. The first-order chi connectivity index (χ1) is 4.66. The summed E-state index contributed by atoms with van der Waals surface area (Å²) >= 11 is 0. The largest absolute Gasteiger partial charge is 0.471 e. The van der Waals surface area contributed by atoms with Gasteiger partial charge in [-0.2, -0.15) is 0 Å². The van der Waals surface area contributed by atoms with Crippen molar-refractivity contribution < 1.29 is 9.53 Å². The standard InChI is InChI=1S/C7H14O2S/c1-9-7(8)5-4-6-10(2)3/h4H,5-6H2,1-3H3. The number of esters is 1. The average Bonchev–Trinajstić information content (AvgIpc) is 1.87. The van der Waals surface area contributed by atoms with Gasteiger partial charge in [-0.05, 0) is 5.75 Å². The minimum absolute atomic E-state index is 0.148. The molecule has 0 aliphatic heterocycles. The predicted octanol–water partition coefficient (Wildman–Crippen LogP) is 0.632. The molecule has 0 saturated heterocycles. The highest BCUT2D eigenvalue weighted by Crippen LogP contribution is 1.94. The highest BCUT2D eigenvalue weighted by molar-refractivity contribution is 7.95. The zero-order valence-electron chi connectivity index (χ0n) is 6.72. The molecule has 0 aromatic carbocycles. The first-order valence-corrected chi connectivity index (χ1v) is 5.30. The van der Waals surface area contributed by atoms with E-state index in [9.17, 15) is 4.79 Å². The molecule has 0 unspecified atom stereocenters. The van der Waals surface area contributed by atoms with Gasteiger partial charge in [0, 0.05) is 0 Å². The van der Waals surface area contributed by atoms with E-state index in [-0.39, 0.29) is 5.97 Å². The maximum absolute atomic E-state index is 10.5. The van der Waals surface area contributed by atoms with Crippen LogP contribution >= 0.6 is 0 Å². The number of carbonyl (C=O) groups is 1. The van der Waals surface area contributed by atoms with Crippen LogP contribution in [-0.4, -0.2) is 31.3 Å². The van der Waals surface area contributed by atoms with Crippen molar-refractivity contribution in [2.75, 3.05) is 25.4 Å². The number of hydrogen-bond donors (Lipinski definition) is 0. The maximum atomic E-state index is 10.5. The number of carbonyl (C=O) groups excluding carboxylic acids is 1. The molecule has 2 nitrogen and oxygen atoms in total. The smallest absolute Gasteiger partial charge is 0.275 e. The third-order valence-electron chi connectivity index (χ3n) is 0.990. The fourth-order valence-corrected chi connectivity index (χ4v) is 1.09. The van der Waals surface area contributed by atoms with E-state index in [1.165, 1.54) is 7.11 Å². The Kier molecular flexibility index (Phi) is 5.49. The molecule has 0 rings (SSSR count). The van der Waals surface area contributed by atoms with Crippen molar-refractivity contribution in [3.05, 3.63) is 6.42 Å². The van der Waals surface area contributed by atoms with Crippen molar-refractivity contribution in [2.24, 2.45) is 0 Å². The molecule has 0 atom stereocenters. The minimum atomic E-state index is -0.148. The topological polar surface area (TPSA) is 26.3 Å². The van der Waals surface area contributed by atoms with E-state index in [1.807, 2.05) is 6.42 Å². The van der Waals surface area contributed by atoms with E-state index >= 15 is 0 Å². The Labute approximate surface area is 65.3 Å². The summed E-state index contributed by atoms with van der Waals surface area (Å²) < 4.78 is 4.46. The van der Waals surface area contributed by atoms with Gasteiger partial charge in [0.1, 0.15) is 0 Å². The molecule has 0 amide bonds. The Morgan fingerprint density at radius 1 is 1.60 bits per heavy atom. The van der Waals surface area contributed by atoms with Crippen molar-refractivity contribution in [1.82, 2.24) is 0 Å². The number of hydrogen-bond acceptors (Lipinski definition) is 2. The van der Waals surface area contributed by atoms with Gasteiger partial charge in [-0.3, -0.25) is 11.2 Å². The van der Waals surface area contributed by atoms with E-state index in [0.29, 0.717) is 17.3 Å². The van der Waals surface area contributed by atoms with Crippen LogP contribution < -0.4 is 0 Å². The second-order valence-electron chi connectivity index (χ2n) is 2.22. The van der Waals surface area contributed by atoms with Gasteiger partial charge >= 0.3 is 0 Å². The van der Waals surface area contributed by atoms with Gasteiger partial charge in [-0.1, -0.05) is 17.3 Å². The molecule has 0 spiro atoms. The molecule has 60 valence electrons. The fraction of sp³-hybridized carbons (Fsp3) is 0.714. The van der Waals surface area contributed by atoms with Gasteiger partial charge in [-0.25, -0.2) is 0 Å². The fourth-order valence-electron chi connectivity index (χ4n) is 0.496. The van der Waals surface area contributed by atoms with Crippen molar-refractivity contribution in [3.8, 4) is 0 Å². The van der Waals surface area contributed by atoms with Crippen LogP contribution in [0.15, 0.2) is 0 Å². The Morgan fingerprint density at radius 3 is 2.60 bits per heavy atom. The van der Waals surface area contributed by atoms with Gasteiger partial charge < -0.3 is 4.74 Å². The summed E-state index contributed by atoms with van der Waals surface area (Å²) in [6.07, 6.45) is 6.71. The lowest BCUT2D eigenvalue weighted by molar-refractivity contribution is -0.139. The zero-order valence-corrected chi connectivity index (χ0v) is 7.53. The highest BCUT2D eigenvalue weighted by Gasteiger charge is 1.95. The van der Waals surface area contributed by atoms with E-state index in [4.69, 9.17) is 0 Å². The van der Waals surface area contributed by atoms with E-state index < -0.39 is 0 Å². The lowest BCUT2D eigenvalue weighted by Crippen LogP contribution is -2.07. The Balaban J connectivity index is 3.12. The van der Waals surface area contributed by atoms with Gasteiger partial charge in [0.25, 0.3) is 5.97 Å². The molecule has 0 bridgehead atoms. The summed E-state index contributed by atoms with van der Waals surface area (Å²) in [5.41, 5.74) is 0. The van der Waals surface area contributed by atoms with Crippen molar-refractivity contribution >= 4 is 16.9 Å². The normalized spacial score (nSPS) is 10.0. The van der Waals surface area contributed by atoms with Crippen molar-refractivity contribution in [2.45, 2.75) is 6.42 Å². The first-order valence-electron chi connectivity index (χ1n) is 3.09. The zero-order chi connectivity index (χ0) is 7.98. The second-order valence-corrected chi connectivity index (χ2v) is 4.53. The highest BCUT2D eigenvalue weighted by atomic mass is 32.2. The van der Waals surface area contributed by atoms with Crippen LogP contribution in [0.4, 0.5) is 0 Å². The molecule has 0 N–H and O–H groups in total. The third-order valence-corrected chi connectivity index (χ3v) is 1.89. The van der Waals surface area contributed by atoms with Crippen LogP contribution in [0.5, 0.6) is 0 Å². The summed E-state index contributed by atoms with van der Waals surface area (Å²) in [5.74, 6) is 0.861. The molecule has 0 aromatic heterocycles. The number of methoxy groups -OCH3 is 1. The van der Waals surface area contributed by atoms with E-state index in [0.717, 1.165) is 5.75 Å². The van der Waals surface area contributed by atoms with Gasteiger partial charge in [0.2, 0.25) is 0 Å². The molecule has 0 saturated carbocycles. The molecule has 0 heterocycles. The van der Waals surface area contributed by atoms with Crippen molar-refractivity contribution in [1.29, 1.82) is 0 Å². The van der Waals surface area contributed by atoms with Crippen LogP contribution in [0, 0.1) is 6.42 Å². The van der Waals surface area contributed by atoms with Crippen molar-refractivity contribution in [3.63, 3.8) is 0 Å². The Morgan fingerprint density at radius 2 is 2.20 bits per heavy atom. The van der Waals surface area contributed by atoms with E-state index in [1.54, 1.807) is 0 Å². The quantitative estimate of drug-likeness (QED) is 0.344. The summed E-state index contributed by atoms with van der Waals surface area (Å²) in [4.78, 5) is 10.5. The minimum Gasteiger partial charge on any atom is -0.471 e. The summed E-state index contributed by atoms with van der Waals surface area (Å²) in [6.45, 7) is 0. The second kappa shape index (κ2) is 5.59. The lowest BCUT2D eigenvalue weighted by Gasteiger charge is -2.06. The first kappa shape index (κ1) is 9.82. The molecule has 0 fully saturated rings. The van der Waals surface area contributed by atoms with Gasteiger partial charge in [-0.15, -0.1) is 0 Å². The average molecular weight is 162 g/mol. The number of rotatable bonds is 4. The molecular formula is C7H14O2S. The Hall–Kier alpha value is -0.180. The lowest BCUT2D eigenvalue weighted by atomic mass is 10.3. The predicted molar refractivity (Wildman–Crippen MR) is 45.0 cm³/mol. The van der Waals surface area contributed by atoms with Crippen LogP contribution in [0.2, 0.25) is 0 Å². The molecule has 0 aromatic rings. The maximum Gasteiger partial charge on any atom is 0.275 e. The molecule has 0 aliphatic rings. The van der Waals surface area contributed by atoms with Gasteiger partial charge in [0.05, 0.1) is 19.6 Å². The third kappa shape index (κ3) is 5.95. The van der Waals surface area contributed by atoms with Crippen LogP contribution in [0.1, 0.15) is 6.42 Å². The summed E-state index contributed by atoms with van der Waals surface area (Å²) in [5, 5.41) is 0. The van der Waals surface area contributed by atoms with Crippen LogP contribution in [-0.2, 0) is 20.4 Å².